The minimum absolute atomic E-state index is 0.318. The molecule has 0 amide bonds. The van der Waals surface area contributed by atoms with E-state index in [0.717, 1.165) is 37.3 Å². The van der Waals surface area contributed by atoms with E-state index in [1.54, 1.807) is 0 Å². The van der Waals surface area contributed by atoms with Crippen molar-refractivity contribution in [3.8, 4) is 0 Å². The van der Waals surface area contributed by atoms with Gasteiger partial charge < -0.3 is 5.32 Å². The number of hydrogen-bond acceptors (Lipinski definition) is 3. The Labute approximate surface area is 70.4 Å². The van der Waals surface area contributed by atoms with Crippen LogP contribution in [-0.2, 0) is 4.79 Å². The van der Waals surface area contributed by atoms with Crippen molar-refractivity contribution in [3.63, 3.8) is 0 Å². The van der Waals surface area contributed by atoms with Gasteiger partial charge in [0.25, 0.3) is 0 Å². The number of allylic oxidation sites excluding steroid dienone is 2. The van der Waals surface area contributed by atoms with Crippen molar-refractivity contribution in [1.29, 1.82) is 0 Å². The van der Waals surface area contributed by atoms with Crippen molar-refractivity contribution in [3.05, 3.63) is 10.6 Å². The highest BCUT2D eigenvalue weighted by Gasteiger charge is 2.22. The van der Waals surface area contributed by atoms with Gasteiger partial charge in [0, 0.05) is 23.6 Å². The second-order valence-electron chi connectivity index (χ2n) is 2.85. The number of rotatable bonds is 0. The fraction of sp³-hybridized carbons (Fsp3) is 0.625. The van der Waals surface area contributed by atoms with Crippen LogP contribution in [0.3, 0.4) is 0 Å². The average molecular weight is 169 g/mol. The van der Waals surface area contributed by atoms with Gasteiger partial charge in [-0.3, -0.25) is 4.79 Å². The minimum atomic E-state index is 0.318. The largest absolute Gasteiger partial charge is 0.381 e. The summed E-state index contributed by atoms with van der Waals surface area (Å²) in [6.07, 6.45) is 2.90. The highest BCUT2D eigenvalue weighted by Crippen LogP contribution is 2.31. The Morgan fingerprint density at radius 2 is 2.27 bits per heavy atom. The van der Waals surface area contributed by atoms with Gasteiger partial charge >= 0.3 is 0 Å². The van der Waals surface area contributed by atoms with Crippen LogP contribution in [0.15, 0.2) is 10.6 Å². The van der Waals surface area contributed by atoms with Crippen molar-refractivity contribution in [2.75, 3.05) is 12.3 Å². The van der Waals surface area contributed by atoms with Gasteiger partial charge in [-0.25, -0.2) is 0 Å². The highest BCUT2D eigenvalue weighted by molar-refractivity contribution is 8.03. The normalized spacial score (nSPS) is 24.5. The van der Waals surface area contributed by atoms with Crippen molar-refractivity contribution in [2.24, 2.45) is 0 Å². The van der Waals surface area contributed by atoms with E-state index >= 15 is 0 Å². The van der Waals surface area contributed by atoms with Gasteiger partial charge in [0.15, 0.2) is 5.78 Å². The Bertz CT molecular complexity index is 218. The second-order valence-corrected chi connectivity index (χ2v) is 4.04. The molecule has 0 saturated carbocycles. The van der Waals surface area contributed by atoms with Gasteiger partial charge in [0.2, 0.25) is 0 Å². The molecule has 0 unspecified atom stereocenters. The molecule has 0 saturated heterocycles. The summed E-state index contributed by atoms with van der Waals surface area (Å²) >= 11 is 1.85. The molecule has 0 bridgehead atoms. The molecular formula is C8H11NOS. The molecule has 2 aliphatic rings. The lowest BCUT2D eigenvalue weighted by molar-refractivity contribution is -0.116. The maximum atomic E-state index is 11.3. The van der Waals surface area contributed by atoms with E-state index in [1.807, 2.05) is 11.8 Å². The number of ketones is 1. The quantitative estimate of drug-likeness (QED) is 0.592. The topological polar surface area (TPSA) is 29.1 Å². The minimum Gasteiger partial charge on any atom is -0.381 e. The molecule has 1 aliphatic heterocycles. The SMILES string of the molecule is O=C1CCCC2=C1NCCS2. The summed E-state index contributed by atoms with van der Waals surface area (Å²) in [6, 6.07) is 0. The summed E-state index contributed by atoms with van der Waals surface area (Å²) in [6.45, 7) is 0.954. The van der Waals surface area contributed by atoms with E-state index in [4.69, 9.17) is 0 Å². The predicted octanol–water partition coefficient (Wildman–Crippen LogP) is 1.29. The van der Waals surface area contributed by atoms with Crippen LogP contribution in [-0.4, -0.2) is 18.1 Å². The van der Waals surface area contributed by atoms with E-state index in [0.29, 0.717) is 5.78 Å². The van der Waals surface area contributed by atoms with Crippen LogP contribution >= 0.6 is 11.8 Å². The summed E-state index contributed by atoms with van der Waals surface area (Å²) in [5, 5.41) is 3.18. The van der Waals surface area contributed by atoms with Crippen molar-refractivity contribution in [2.45, 2.75) is 19.3 Å². The summed E-state index contributed by atoms with van der Waals surface area (Å²) in [7, 11) is 0. The van der Waals surface area contributed by atoms with Crippen LogP contribution in [0, 0.1) is 0 Å². The highest BCUT2D eigenvalue weighted by atomic mass is 32.2. The first-order chi connectivity index (χ1) is 5.38. The Hall–Kier alpha value is -0.440. The predicted molar refractivity (Wildman–Crippen MR) is 46.3 cm³/mol. The lowest BCUT2D eigenvalue weighted by Gasteiger charge is -2.24. The molecule has 0 radical (unpaired) electrons. The Morgan fingerprint density at radius 3 is 3.09 bits per heavy atom. The van der Waals surface area contributed by atoms with Crippen LogP contribution in [0.4, 0.5) is 0 Å². The third kappa shape index (κ3) is 1.29. The third-order valence-corrected chi connectivity index (χ3v) is 3.21. The van der Waals surface area contributed by atoms with Crippen LogP contribution in [0.5, 0.6) is 0 Å². The number of carbonyl (C=O) groups excluding carboxylic acids is 1. The van der Waals surface area contributed by atoms with E-state index in [2.05, 4.69) is 5.32 Å². The molecule has 1 N–H and O–H groups in total. The third-order valence-electron chi connectivity index (χ3n) is 2.05. The number of hydrogen-bond donors (Lipinski definition) is 1. The monoisotopic (exact) mass is 169 g/mol. The average Bonchev–Trinajstić information content (AvgIpc) is 2.06. The lowest BCUT2D eigenvalue weighted by Crippen LogP contribution is -2.29. The molecule has 2 rings (SSSR count). The van der Waals surface area contributed by atoms with E-state index < -0.39 is 0 Å². The standard InChI is InChI=1S/C8H11NOS/c10-6-2-1-3-7-8(6)9-4-5-11-7/h9H,1-5H2. The summed E-state index contributed by atoms with van der Waals surface area (Å²) in [5.41, 5.74) is 0.924. The summed E-state index contributed by atoms with van der Waals surface area (Å²) in [5.74, 6) is 1.44. The van der Waals surface area contributed by atoms with Crippen LogP contribution in [0.1, 0.15) is 19.3 Å². The fourth-order valence-corrected chi connectivity index (χ4v) is 2.58. The summed E-state index contributed by atoms with van der Waals surface area (Å²) in [4.78, 5) is 12.6. The van der Waals surface area contributed by atoms with E-state index in [9.17, 15) is 4.79 Å². The van der Waals surface area contributed by atoms with Crippen molar-refractivity contribution >= 4 is 17.5 Å². The Balaban J connectivity index is 2.27. The summed E-state index contributed by atoms with van der Waals surface area (Å²) < 4.78 is 0. The van der Waals surface area contributed by atoms with Gasteiger partial charge in [-0.2, -0.15) is 0 Å². The lowest BCUT2D eigenvalue weighted by atomic mass is 10.0. The molecule has 0 spiro atoms. The van der Waals surface area contributed by atoms with Gasteiger partial charge in [0.1, 0.15) is 0 Å². The zero-order valence-electron chi connectivity index (χ0n) is 6.35. The first-order valence-electron chi connectivity index (χ1n) is 4.01. The fourth-order valence-electron chi connectivity index (χ4n) is 1.51. The Kier molecular flexibility index (Phi) is 1.90. The molecule has 1 aliphatic carbocycles. The molecule has 3 heteroatoms. The molecule has 0 atom stereocenters. The molecule has 1 heterocycles. The molecule has 0 aromatic heterocycles. The van der Waals surface area contributed by atoms with Crippen LogP contribution < -0.4 is 5.32 Å². The van der Waals surface area contributed by atoms with Crippen molar-refractivity contribution < 1.29 is 4.79 Å². The maximum Gasteiger partial charge on any atom is 0.179 e. The van der Waals surface area contributed by atoms with Gasteiger partial charge in [-0.15, -0.1) is 11.8 Å². The van der Waals surface area contributed by atoms with Crippen molar-refractivity contribution in [1.82, 2.24) is 5.32 Å². The first kappa shape index (κ1) is 7.22. The molecule has 11 heavy (non-hydrogen) atoms. The molecule has 2 nitrogen and oxygen atoms in total. The number of carbonyl (C=O) groups is 1. The van der Waals surface area contributed by atoms with Gasteiger partial charge in [0.05, 0.1) is 5.70 Å². The van der Waals surface area contributed by atoms with Crippen LogP contribution in [0.25, 0.3) is 0 Å². The molecule has 0 aromatic rings. The number of thioether (sulfide) groups is 1. The number of Topliss-reactive ketones (excluding diaryl/α,β-unsaturated/α-hetero) is 1. The zero-order valence-corrected chi connectivity index (χ0v) is 7.17. The van der Waals surface area contributed by atoms with Gasteiger partial charge in [-0.1, -0.05) is 0 Å². The van der Waals surface area contributed by atoms with Crippen LogP contribution in [0.2, 0.25) is 0 Å². The second kappa shape index (κ2) is 2.89. The first-order valence-corrected chi connectivity index (χ1v) is 4.99. The number of nitrogens with one attached hydrogen (secondary N) is 1. The van der Waals surface area contributed by atoms with Gasteiger partial charge in [-0.05, 0) is 12.8 Å². The molecule has 0 aromatic carbocycles. The zero-order chi connectivity index (χ0) is 7.68. The molecule has 0 fully saturated rings. The van der Waals surface area contributed by atoms with E-state index in [1.165, 1.54) is 4.91 Å². The smallest absolute Gasteiger partial charge is 0.179 e. The molecular weight excluding hydrogens is 158 g/mol. The Morgan fingerprint density at radius 1 is 1.36 bits per heavy atom. The molecule has 60 valence electrons. The maximum absolute atomic E-state index is 11.3. The van der Waals surface area contributed by atoms with E-state index in [-0.39, 0.29) is 0 Å².